The number of hydrogen-bond donors (Lipinski definition) is 1. The molecule has 0 spiro atoms. The first kappa shape index (κ1) is 10.7. The highest BCUT2D eigenvalue weighted by Crippen LogP contribution is 2.39. The molecule has 1 aromatic carbocycles. The largest absolute Gasteiger partial charge is 0.327 e. The molecule has 2 N–H and O–H groups in total. The summed E-state index contributed by atoms with van der Waals surface area (Å²) in [5, 5.41) is 0. The van der Waals surface area contributed by atoms with E-state index in [4.69, 9.17) is 5.73 Å². The number of aromatic nitrogens is 2. The summed E-state index contributed by atoms with van der Waals surface area (Å²) in [6.07, 6.45) is 3.09. The third-order valence-corrected chi connectivity index (χ3v) is 3.72. The number of halogens is 1. The van der Waals surface area contributed by atoms with E-state index in [1.165, 1.54) is 12.1 Å². The van der Waals surface area contributed by atoms with E-state index in [0.29, 0.717) is 0 Å². The van der Waals surface area contributed by atoms with Crippen LogP contribution >= 0.6 is 0 Å². The lowest BCUT2D eigenvalue weighted by Gasteiger charge is -2.37. The third-order valence-electron chi connectivity index (χ3n) is 3.72. The van der Waals surface area contributed by atoms with Crippen LogP contribution in [0, 0.1) is 5.82 Å². The molecule has 0 bridgehead atoms. The first-order valence-corrected chi connectivity index (χ1v) is 6.09. The molecule has 3 rings (SSSR count). The molecule has 1 aliphatic rings. The lowest BCUT2D eigenvalue weighted by molar-refractivity contribution is 0.231. The van der Waals surface area contributed by atoms with Crippen molar-refractivity contribution in [2.24, 2.45) is 5.73 Å². The standard InChI is InChI=1S/C13H16FN3/c1-2-17-11-8-9(14)4-5-10(11)16-12(17)13(15)6-3-7-13/h4-5,8H,2-3,6-7,15H2,1H3. The summed E-state index contributed by atoms with van der Waals surface area (Å²) < 4.78 is 15.3. The van der Waals surface area contributed by atoms with Gasteiger partial charge in [0.05, 0.1) is 16.6 Å². The molecular formula is C13H16FN3. The fourth-order valence-corrected chi connectivity index (χ4v) is 2.58. The van der Waals surface area contributed by atoms with Crippen molar-refractivity contribution in [1.29, 1.82) is 0 Å². The molecule has 90 valence electrons. The van der Waals surface area contributed by atoms with Crippen molar-refractivity contribution in [1.82, 2.24) is 9.55 Å². The van der Waals surface area contributed by atoms with Crippen LogP contribution in [0.15, 0.2) is 18.2 Å². The normalized spacial score (nSPS) is 18.3. The van der Waals surface area contributed by atoms with E-state index in [9.17, 15) is 4.39 Å². The summed E-state index contributed by atoms with van der Waals surface area (Å²) in [7, 11) is 0. The van der Waals surface area contributed by atoms with E-state index in [-0.39, 0.29) is 11.4 Å². The van der Waals surface area contributed by atoms with Crippen molar-refractivity contribution in [3.05, 3.63) is 29.8 Å². The SMILES string of the molecule is CCn1c(C2(N)CCC2)nc2ccc(F)cc21. The maximum absolute atomic E-state index is 13.3. The Morgan fingerprint density at radius 1 is 1.47 bits per heavy atom. The van der Waals surface area contributed by atoms with E-state index in [1.807, 2.05) is 11.5 Å². The van der Waals surface area contributed by atoms with Crippen LogP contribution in [0.1, 0.15) is 32.0 Å². The van der Waals surface area contributed by atoms with Gasteiger partial charge in [-0.15, -0.1) is 0 Å². The Hall–Kier alpha value is -1.42. The number of rotatable bonds is 2. The first-order chi connectivity index (χ1) is 8.14. The Bertz CT molecular complexity index is 569. The highest BCUT2D eigenvalue weighted by atomic mass is 19.1. The molecule has 0 atom stereocenters. The van der Waals surface area contributed by atoms with Gasteiger partial charge in [0.15, 0.2) is 0 Å². The number of nitrogens with zero attached hydrogens (tertiary/aromatic N) is 2. The molecule has 0 unspecified atom stereocenters. The molecule has 1 fully saturated rings. The van der Waals surface area contributed by atoms with Gasteiger partial charge in [-0.3, -0.25) is 0 Å². The summed E-state index contributed by atoms with van der Waals surface area (Å²) in [4.78, 5) is 4.59. The first-order valence-electron chi connectivity index (χ1n) is 6.09. The van der Waals surface area contributed by atoms with E-state index >= 15 is 0 Å². The smallest absolute Gasteiger partial charge is 0.130 e. The zero-order chi connectivity index (χ0) is 12.0. The molecule has 2 aromatic rings. The monoisotopic (exact) mass is 233 g/mol. The Morgan fingerprint density at radius 2 is 2.24 bits per heavy atom. The number of imidazole rings is 1. The van der Waals surface area contributed by atoms with Gasteiger partial charge in [-0.2, -0.15) is 0 Å². The van der Waals surface area contributed by atoms with E-state index < -0.39 is 0 Å². The summed E-state index contributed by atoms with van der Waals surface area (Å²) in [6.45, 7) is 2.81. The van der Waals surface area contributed by atoms with Gasteiger partial charge < -0.3 is 10.3 Å². The van der Waals surface area contributed by atoms with Crippen LogP contribution in [-0.2, 0) is 12.1 Å². The van der Waals surface area contributed by atoms with Crippen LogP contribution < -0.4 is 5.73 Å². The van der Waals surface area contributed by atoms with E-state index in [2.05, 4.69) is 4.98 Å². The number of nitrogens with two attached hydrogens (primary N) is 1. The maximum atomic E-state index is 13.3. The Labute approximate surface area is 99.4 Å². The van der Waals surface area contributed by atoms with Crippen molar-refractivity contribution in [2.75, 3.05) is 0 Å². The minimum Gasteiger partial charge on any atom is -0.327 e. The zero-order valence-electron chi connectivity index (χ0n) is 9.91. The minimum atomic E-state index is -0.300. The maximum Gasteiger partial charge on any atom is 0.130 e. The van der Waals surface area contributed by atoms with Crippen molar-refractivity contribution < 1.29 is 4.39 Å². The summed E-state index contributed by atoms with van der Waals surface area (Å²) in [5.41, 5.74) is 7.71. The van der Waals surface area contributed by atoms with Crippen molar-refractivity contribution in [3.8, 4) is 0 Å². The molecule has 1 heterocycles. The molecule has 0 saturated heterocycles. The number of aryl methyl sites for hydroxylation is 1. The number of fused-ring (bicyclic) bond motifs is 1. The average molecular weight is 233 g/mol. The van der Waals surface area contributed by atoms with Crippen LogP contribution in [0.4, 0.5) is 4.39 Å². The lowest BCUT2D eigenvalue weighted by atomic mass is 9.77. The van der Waals surface area contributed by atoms with Gasteiger partial charge in [0.2, 0.25) is 0 Å². The van der Waals surface area contributed by atoms with Crippen LogP contribution in [0.25, 0.3) is 11.0 Å². The Morgan fingerprint density at radius 3 is 2.82 bits per heavy atom. The lowest BCUT2D eigenvalue weighted by Crippen LogP contribution is -2.45. The van der Waals surface area contributed by atoms with Gasteiger partial charge in [-0.05, 0) is 44.4 Å². The third kappa shape index (κ3) is 1.47. The Balaban J connectivity index is 2.24. The topological polar surface area (TPSA) is 43.8 Å². The molecule has 0 amide bonds. The number of hydrogen-bond acceptors (Lipinski definition) is 2. The molecule has 4 heteroatoms. The van der Waals surface area contributed by atoms with Crippen molar-refractivity contribution in [3.63, 3.8) is 0 Å². The zero-order valence-corrected chi connectivity index (χ0v) is 9.91. The van der Waals surface area contributed by atoms with E-state index in [1.54, 1.807) is 6.07 Å². The summed E-state index contributed by atoms with van der Waals surface area (Å²) >= 11 is 0. The van der Waals surface area contributed by atoms with Crippen LogP contribution in [0.2, 0.25) is 0 Å². The average Bonchev–Trinajstić information content (AvgIpc) is 2.63. The van der Waals surface area contributed by atoms with Gasteiger partial charge in [0, 0.05) is 6.54 Å². The minimum absolute atomic E-state index is 0.224. The van der Waals surface area contributed by atoms with E-state index in [0.717, 1.165) is 42.7 Å². The van der Waals surface area contributed by atoms with Gasteiger partial charge in [0.25, 0.3) is 0 Å². The predicted octanol–water partition coefficient (Wildman–Crippen LogP) is 2.53. The molecule has 0 radical (unpaired) electrons. The summed E-state index contributed by atoms with van der Waals surface area (Å²) in [6, 6.07) is 4.71. The highest BCUT2D eigenvalue weighted by molar-refractivity contribution is 5.76. The quantitative estimate of drug-likeness (QED) is 0.866. The predicted molar refractivity (Wildman–Crippen MR) is 65.1 cm³/mol. The second kappa shape index (κ2) is 3.53. The highest BCUT2D eigenvalue weighted by Gasteiger charge is 2.38. The molecule has 0 aliphatic heterocycles. The summed E-state index contributed by atoms with van der Waals surface area (Å²) in [5.74, 6) is 0.685. The second-order valence-corrected chi connectivity index (χ2v) is 4.82. The van der Waals surface area contributed by atoms with Crippen LogP contribution in [0.5, 0.6) is 0 Å². The fourth-order valence-electron chi connectivity index (χ4n) is 2.58. The fraction of sp³-hybridized carbons (Fsp3) is 0.462. The van der Waals surface area contributed by atoms with Crippen LogP contribution in [-0.4, -0.2) is 9.55 Å². The van der Waals surface area contributed by atoms with Crippen molar-refractivity contribution >= 4 is 11.0 Å². The molecule has 17 heavy (non-hydrogen) atoms. The molecule has 1 aliphatic carbocycles. The molecular weight excluding hydrogens is 217 g/mol. The molecule has 1 saturated carbocycles. The van der Waals surface area contributed by atoms with Gasteiger partial charge in [0.1, 0.15) is 11.6 Å². The second-order valence-electron chi connectivity index (χ2n) is 4.82. The Kier molecular flexibility index (Phi) is 2.23. The number of benzene rings is 1. The van der Waals surface area contributed by atoms with Gasteiger partial charge >= 0.3 is 0 Å². The van der Waals surface area contributed by atoms with Gasteiger partial charge in [-0.1, -0.05) is 0 Å². The van der Waals surface area contributed by atoms with Crippen LogP contribution in [0.3, 0.4) is 0 Å². The van der Waals surface area contributed by atoms with Gasteiger partial charge in [-0.25, -0.2) is 9.37 Å². The molecule has 1 aromatic heterocycles. The molecule has 3 nitrogen and oxygen atoms in total. The van der Waals surface area contributed by atoms with Crippen molar-refractivity contribution in [2.45, 2.75) is 38.3 Å².